The molecule has 0 saturated carbocycles. The van der Waals surface area contributed by atoms with Crippen LogP contribution in [0.2, 0.25) is 0 Å². The number of nitrogens with zero attached hydrogens (tertiary/aromatic N) is 5. The average Bonchev–Trinajstić information content (AvgIpc) is 2.71. The Bertz CT molecular complexity index is 890. The molecule has 2 amide bonds. The molecule has 0 aromatic carbocycles. The van der Waals surface area contributed by atoms with E-state index >= 15 is 0 Å². The molecule has 1 spiro atoms. The van der Waals surface area contributed by atoms with E-state index in [9.17, 15) is 9.59 Å². The first-order valence-electron chi connectivity index (χ1n) is 9.78. The lowest BCUT2D eigenvalue weighted by molar-refractivity contribution is -0.144. The van der Waals surface area contributed by atoms with E-state index in [4.69, 9.17) is 4.74 Å². The van der Waals surface area contributed by atoms with E-state index in [1.54, 1.807) is 34.6 Å². The van der Waals surface area contributed by atoms with Gasteiger partial charge >= 0.3 is 6.09 Å². The van der Waals surface area contributed by atoms with Crippen LogP contribution in [0.25, 0.3) is 0 Å². The maximum absolute atomic E-state index is 13.3. The second-order valence-corrected chi connectivity index (χ2v) is 8.58. The van der Waals surface area contributed by atoms with E-state index in [1.165, 1.54) is 6.33 Å². The van der Waals surface area contributed by atoms with Gasteiger partial charge in [-0.25, -0.2) is 14.8 Å². The van der Waals surface area contributed by atoms with Crippen molar-refractivity contribution >= 4 is 17.7 Å². The Labute approximate surface area is 169 Å². The Morgan fingerprint density at radius 1 is 1.14 bits per heavy atom. The van der Waals surface area contributed by atoms with Crippen molar-refractivity contribution in [2.24, 2.45) is 5.41 Å². The van der Waals surface area contributed by atoms with E-state index in [-0.39, 0.29) is 18.0 Å². The molecule has 0 radical (unpaired) electrons. The van der Waals surface area contributed by atoms with Crippen molar-refractivity contribution < 1.29 is 14.3 Å². The van der Waals surface area contributed by atoms with Crippen LogP contribution in [-0.2, 0) is 9.53 Å². The van der Waals surface area contributed by atoms with E-state index in [2.05, 4.69) is 15.0 Å². The Kier molecular flexibility index (Phi) is 4.72. The van der Waals surface area contributed by atoms with Crippen LogP contribution in [0.5, 0.6) is 0 Å². The summed E-state index contributed by atoms with van der Waals surface area (Å²) in [6.07, 6.45) is 9.10. The van der Waals surface area contributed by atoms with Crippen LogP contribution in [0.15, 0.2) is 43.2 Å². The lowest BCUT2D eigenvalue weighted by Gasteiger charge is -2.58. The third-order valence-corrected chi connectivity index (χ3v) is 5.56. The summed E-state index contributed by atoms with van der Waals surface area (Å²) in [5.74, 6) is 0.0463. The van der Waals surface area contributed by atoms with Crippen LogP contribution in [0.4, 0.5) is 10.5 Å². The predicted molar refractivity (Wildman–Crippen MR) is 106 cm³/mol. The molecule has 2 aromatic heterocycles. The van der Waals surface area contributed by atoms with Crippen LogP contribution in [0, 0.1) is 5.41 Å². The minimum Gasteiger partial charge on any atom is -0.444 e. The molecule has 0 bridgehead atoms. The molecule has 8 heteroatoms. The van der Waals surface area contributed by atoms with E-state index in [0.717, 1.165) is 5.56 Å². The zero-order valence-electron chi connectivity index (χ0n) is 16.9. The molecule has 0 aliphatic carbocycles. The van der Waals surface area contributed by atoms with Crippen LogP contribution >= 0.6 is 0 Å². The number of hydrogen-bond donors (Lipinski definition) is 0. The maximum Gasteiger partial charge on any atom is 0.410 e. The van der Waals surface area contributed by atoms with Crippen molar-refractivity contribution in [2.45, 2.75) is 45.3 Å². The highest BCUT2D eigenvalue weighted by Crippen LogP contribution is 2.57. The van der Waals surface area contributed by atoms with Gasteiger partial charge in [-0.15, -0.1) is 0 Å². The molecule has 152 valence electrons. The number of carbonyl (C=O) groups is 2. The number of ether oxygens (including phenoxy) is 1. The van der Waals surface area contributed by atoms with Gasteiger partial charge in [-0.1, -0.05) is 6.07 Å². The van der Waals surface area contributed by atoms with Crippen molar-refractivity contribution in [3.8, 4) is 0 Å². The largest absolute Gasteiger partial charge is 0.444 e. The second kappa shape index (κ2) is 7.09. The summed E-state index contributed by atoms with van der Waals surface area (Å²) in [5.41, 5.74) is 0.548. The summed E-state index contributed by atoms with van der Waals surface area (Å²) < 4.78 is 5.49. The number of β-lactam (4-membered cyclic amide) rings is 1. The fourth-order valence-corrected chi connectivity index (χ4v) is 4.24. The SMILES string of the molecule is CC(C)(C)OC(=O)N1CCC2(CC1)C(=O)N(c1cncnc1)C2c1cccnc1. The predicted octanol–water partition coefficient (Wildman–Crippen LogP) is 2.98. The summed E-state index contributed by atoms with van der Waals surface area (Å²) in [6, 6.07) is 3.71. The Morgan fingerprint density at radius 3 is 2.41 bits per heavy atom. The molecule has 2 fully saturated rings. The molecule has 2 saturated heterocycles. The number of hydrogen-bond acceptors (Lipinski definition) is 6. The number of likely N-dealkylation sites (tertiary alicyclic amines) is 1. The van der Waals surface area contributed by atoms with E-state index < -0.39 is 11.0 Å². The molecule has 4 rings (SSSR count). The standard InChI is InChI=1S/C21H25N5O3/c1-20(2,3)29-19(28)25-9-6-21(7-10-25)17(15-5-4-8-22-11-15)26(18(21)27)16-12-23-14-24-13-16/h4-5,8,11-14,17H,6-7,9-10H2,1-3H3. The third-order valence-electron chi connectivity index (χ3n) is 5.56. The van der Waals surface area contributed by atoms with Gasteiger partial charge in [-0.05, 0) is 45.2 Å². The molecule has 2 aliphatic heterocycles. The van der Waals surface area contributed by atoms with Gasteiger partial charge < -0.3 is 14.5 Å². The quantitative estimate of drug-likeness (QED) is 0.727. The fourth-order valence-electron chi connectivity index (χ4n) is 4.24. The highest BCUT2D eigenvalue weighted by molar-refractivity contribution is 6.06. The number of carbonyl (C=O) groups excluding carboxylic acids is 2. The first-order chi connectivity index (χ1) is 13.8. The molecule has 2 aliphatic rings. The van der Waals surface area contributed by atoms with Gasteiger partial charge in [-0.3, -0.25) is 9.78 Å². The Balaban J connectivity index is 1.58. The van der Waals surface area contributed by atoms with Gasteiger partial charge in [0.2, 0.25) is 5.91 Å². The summed E-state index contributed by atoms with van der Waals surface area (Å²) in [6.45, 7) is 6.52. The van der Waals surface area contributed by atoms with Gasteiger partial charge in [0.15, 0.2) is 0 Å². The summed E-state index contributed by atoms with van der Waals surface area (Å²) in [7, 11) is 0. The van der Waals surface area contributed by atoms with E-state index in [0.29, 0.717) is 31.6 Å². The molecular formula is C21H25N5O3. The monoisotopic (exact) mass is 395 g/mol. The smallest absolute Gasteiger partial charge is 0.410 e. The molecule has 8 nitrogen and oxygen atoms in total. The van der Waals surface area contributed by atoms with Crippen molar-refractivity contribution in [1.82, 2.24) is 19.9 Å². The first kappa shape index (κ1) is 19.3. The normalized spacial score (nSPS) is 21.1. The maximum atomic E-state index is 13.3. The number of aromatic nitrogens is 3. The van der Waals surface area contributed by atoms with Gasteiger partial charge in [-0.2, -0.15) is 0 Å². The van der Waals surface area contributed by atoms with Gasteiger partial charge in [0.25, 0.3) is 0 Å². The minimum atomic E-state index is -0.558. The molecular weight excluding hydrogens is 370 g/mol. The van der Waals surface area contributed by atoms with Crippen molar-refractivity contribution in [3.05, 3.63) is 48.8 Å². The fraction of sp³-hybridized carbons (Fsp3) is 0.476. The first-order valence-corrected chi connectivity index (χ1v) is 9.78. The number of piperidine rings is 1. The van der Waals surface area contributed by atoms with Crippen molar-refractivity contribution in [1.29, 1.82) is 0 Å². The summed E-state index contributed by atoms with van der Waals surface area (Å²) >= 11 is 0. The van der Waals surface area contributed by atoms with Crippen molar-refractivity contribution in [2.75, 3.05) is 18.0 Å². The van der Waals surface area contributed by atoms with Crippen LogP contribution in [0.1, 0.15) is 45.2 Å². The van der Waals surface area contributed by atoms with Gasteiger partial charge in [0.1, 0.15) is 11.9 Å². The minimum absolute atomic E-state index is 0.0463. The van der Waals surface area contributed by atoms with Crippen LogP contribution < -0.4 is 4.90 Å². The van der Waals surface area contributed by atoms with Crippen LogP contribution in [0.3, 0.4) is 0 Å². The number of rotatable bonds is 2. The highest BCUT2D eigenvalue weighted by atomic mass is 16.6. The molecule has 1 unspecified atom stereocenters. The second-order valence-electron chi connectivity index (χ2n) is 8.58. The highest BCUT2D eigenvalue weighted by Gasteiger charge is 2.62. The van der Waals surface area contributed by atoms with Crippen LogP contribution in [-0.4, -0.2) is 50.5 Å². The van der Waals surface area contributed by atoms with Gasteiger partial charge in [0, 0.05) is 25.5 Å². The van der Waals surface area contributed by atoms with Crippen molar-refractivity contribution in [3.63, 3.8) is 0 Å². The lowest BCUT2D eigenvalue weighted by atomic mass is 9.62. The summed E-state index contributed by atoms with van der Waals surface area (Å²) in [5, 5.41) is 0. The zero-order chi connectivity index (χ0) is 20.6. The lowest BCUT2D eigenvalue weighted by Crippen LogP contribution is -2.67. The third kappa shape index (κ3) is 3.43. The Hall–Kier alpha value is -3.03. The zero-order valence-corrected chi connectivity index (χ0v) is 16.9. The molecule has 4 heterocycles. The molecule has 1 atom stereocenters. The Morgan fingerprint density at radius 2 is 1.83 bits per heavy atom. The van der Waals surface area contributed by atoms with Gasteiger partial charge in [0.05, 0.1) is 29.5 Å². The number of amides is 2. The number of anilines is 1. The molecule has 2 aromatic rings. The topological polar surface area (TPSA) is 88.5 Å². The van der Waals surface area contributed by atoms with E-state index in [1.807, 2.05) is 32.9 Å². The molecule has 29 heavy (non-hydrogen) atoms. The average molecular weight is 395 g/mol. The number of pyridine rings is 1. The summed E-state index contributed by atoms with van der Waals surface area (Å²) in [4.78, 5) is 41.6. The molecule has 0 N–H and O–H groups in total.